The molecule has 0 aromatic carbocycles. The maximum absolute atomic E-state index is 4.02. The molecule has 0 aliphatic heterocycles. The molecule has 0 spiro atoms. The number of imidazole rings is 1. The van der Waals surface area contributed by atoms with E-state index >= 15 is 0 Å². The van der Waals surface area contributed by atoms with E-state index in [0.29, 0.717) is 0 Å². The highest BCUT2D eigenvalue weighted by Crippen LogP contribution is 1.95. The number of nitrogens with zero attached hydrogens (tertiary/aromatic N) is 2. The molecule has 0 aliphatic rings. The molecule has 3 heteroatoms. The van der Waals surface area contributed by atoms with Gasteiger partial charge in [-0.25, -0.2) is 4.98 Å². The zero-order chi connectivity index (χ0) is 5.82. The van der Waals surface area contributed by atoms with E-state index in [4.69, 9.17) is 0 Å². The lowest BCUT2D eigenvalue weighted by Crippen LogP contribution is -1.93. The van der Waals surface area contributed by atoms with Crippen LogP contribution < -0.4 is 5.32 Å². The Balaban J connectivity index is 2.50. The fraction of sp³-hybridized carbons (Fsp3) is 0.400. The van der Waals surface area contributed by atoms with Gasteiger partial charge >= 0.3 is 0 Å². The van der Waals surface area contributed by atoms with Crippen LogP contribution in [0.15, 0.2) is 12.5 Å². The van der Waals surface area contributed by atoms with Gasteiger partial charge in [-0.3, -0.25) is 5.32 Å². The summed E-state index contributed by atoms with van der Waals surface area (Å²) in [6, 6.07) is 0. The maximum atomic E-state index is 4.02. The molecule has 1 rings (SSSR count). The van der Waals surface area contributed by atoms with Gasteiger partial charge in [0.1, 0.15) is 0 Å². The third kappa shape index (κ3) is 0.992. The fourth-order valence-corrected chi connectivity index (χ4v) is 0.501. The van der Waals surface area contributed by atoms with Crippen LogP contribution in [0.1, 0.15) is 6.92 Å². The van der Waals surface area contributed by atoms with Gasteiger partial charge in [0, 0.05) is 12.7 Å². The zero-order valence-corrected chi connectivity index (χ0v) is 4.76. The van der Waals surface area contributed by atoms with E-state index in [1.54, 1.807) is 12.5 Å². The third-order valence-electron chi connectivity index (χ3n) is 0.804. The smallest absolute Gasteiger partial charge is 0.165 e. The van der Waals surface area contributed by atoms with Gasteiger partial charge in [-0.15, -0.1) is 0 Å². The molecule has 0 amide bonds. The molecule has 0 saturated heterocycles. The summed E-state index contributed by atoms with van der Waals surface area (Å²) < 4.78 is 0. The van der Waals surface area contributed by atoms with Gasteiger partial charge in [-0.1, -0.05) is 0 Å². The predicted octanol–water partition coefficient (Wildman–Crippen LogP) is 0.665. The van der Waals surface area contributed by atoms with Crippen molar-refractivity contribution in [3.8, 4) is 0 Å². The minimum Gasteiger partial charge on any atom is -0.349 e. The second-order valence-corrected chi connectivity index (χ2v) is 1.40. The first-order valence-corrected chi connectivity index (χ1v) is 2.59. The first kappa shape index (κ1) is 5.15. The molecular formula is C5H8N3. The zero-order valence-electron chi connectivity index (χ0n) is 4.76. The lowest BCUT2D eigenvalue weighted by Gasteiger charge is -1.87. The quantitative estimate of drug-likeness (QED) is 0.597. The van der Waals surface area contributed by atoms with Crippen molar-refractivity contribution in [3.63, 3.8) is 0 Å². The molecule has 0 fully saturated rings. The highest BCUT2D eigenvalue weighted by molar-refractivity contribution is 5.18. The van der Waals surface area contributed by atoms with E-state index < -0.39 is 0 Å². The Labute approximate surface area is 48.1 Å². The molecule has 0 bridgehead atoms. The molecule has 0 atom stereocenters. The summed E-state index contributed by atoms with van der Waals surface area (Å²) in [7, 11) is 0. The average molecular weight is 110 g/mol. The van der Waals surface area contributed by atoms with Crippen LogP contribution >= 0.6 is 0 Å². The van der Waals surface area contributed by atoms with Gasteiger partial charge in [-0.2, -0.15) is 0 Å². The molecule has 0 saturated carbocycles. The number of aromatic amines is 1. The monoisotopic (exact) mass is 110 g/mol. The molecule has 3 nitrogen and oxygen atoms in total. The number of H-pyrrole nitrogens is 1. The lowest BCUT2D eigenvalue weighted by atomic mass is 10.7. The largest absolute Gasteiger partial charge is 0.349 e. The van der Waals surface area contributed by atoms with Crippen LogP contribution in [0.3, 0.4) is 0 Å². The van der Waals surface area contributed by atoms with Gasteiger partial charge in [0.05, 0.1) is 6.33 Å². The Morgan fingerprint density at radius 1 is 1.88 bits per heavy atom. The molecular weight excluding hydrogens is 102 g/mol. The minimum absolute atomic E-state index is 0.785. The topological polar surface area (TPSA) is 42.8 Å². The summed E-state index contributed by atoms with van der Waals surface area (Å²) in [4.78, 5) is 6.69. The Morgan fingerprint density at radius 2 is 2.75 bits per heavy atom. The molecule has 1 aromatic heterocycles. The summed E-state index contributed by atoms with van der Waals surface area (Å²) in [5.74, 6) is 0.785. The Hall–Kier alpha value is -0.990. The third-order valence-corrected chi connectivity index (χ3v) is 0.804. The van der Waals surface area contributed by atoms with Gasteiger partial charge in [0.15, 0.2) is 5.82 Å². The number of nitrogens with one attached hydrogen (secondary N) is 1. The van der Waals surface area contributed by atoms with Crippen LogP contribution in [0, 0.1) is 0 Å². The average Bonchev–Trinajstić information content (AvgIpc) is 2.19. The van der Waals surface area contributed by atoms with Crippen LogP contribution in [0.4, 0.5) is 5.82 Å². The van der Waals surface area contributed by atoms with Gasteiger partial charge in [0.2, 0.25) is 0 Å². The normalized spacial score (nSPS) is 9.12. The molecule has 1 aromatic rings. The van der Waals surface area contributed by atoms with Crippen LogP contribution in [0.5, 0.6) is 0 Å². The number of hydrogen-bond acceptors (Lipinski definition) is 1. The first-order valence-electron chi connectivity index (χ1n) is 2.59. The van der Waals surface area contributed by atoms with Gasteiger partial charge in [-0.05, 0) is 6.92 Å². The molecule has 43 valence electrons. The SMILES string of the molecule is CC[N]c1c[nH]cn1. The van der Waals surface area contributed by atoms with Crippen molar-refractivity contribution in [2.24, 2.45) is 0 Å². The van der Waals surface area contributed by atoms with Crippen molar-refractivity contribution in [2.45, 2.75) is 6.92 Å². The van der Waals surface area contributed by atoms with E-state index in [1.807, 2.05) is 6.92 Å². The molecule has 1 N–H and O–H groups in total. The van der Waals surface area contributed by atoms with Crippen molar-refractivity contribution < 1.29 is 0 Å². The summed E-state index contributed by atoms with van der Waals surface area (Å²) >= 11 is 0. The second-order valence-electron chi connectivity index (χ2n) is 1.40. The van der Waals surface area contributed by atoms with Crippen molar-refractivity contribution in [1.82, 2.24) is 15.3 Å². The van der Waals surface area contributed by atoms with E-state index in [-0.39, 0.29) is 0 Å². The van der Waals surface area contributed by atoms with Crippen molar-refractivity contribution in [3.05, 3.63) is 12.5 Å². The summed E-state index contributed by atoms with van der Waals surface area (Å²) in [5, 5.41) is 4.02. The highest BCUT2D eigenvalue weighted by Gasteiger charge is 1.87. The first-order chi connectivity index (χ1) is 3.93. The Kier molecular flexibility index (Phi) is 1.51. The Bertz CT molecular complexity index is 133. The van der Waals surface area contributed by atoms with E-state index in [1.165, 1.54) is 0 Å². The van der Waals surface area contributed by atoms with E-state index in [0.717, 1.165) is 12.4 Å². The van der Waals surface area contributed by atoms with E-state index in [9.17, 15) is 0 Å². The van der Waals surface area contributed by atoms with Crippen molar-refractivity contribution >= 4 is 5.82 Å². The molecule has 1 heterocycles. The van der Waals surface area contributed by atoms with Gasteiger partial charge in [0.25, 0.3) is 0 Å². The highest BCUT2D eigenvalue weighted by atomic mass is 15.0. The molecule has 0 aliphatic carbocycles. The number of hydrogen-bond donors (Lipinski definition) is 1. The minimum atomic E-state index is 0.785. The van der Waals surface area contributed by atoms with Crippen LogP contribution in [-0.2, 0) is 0 Å². The molecule has 0 unspecified atom stereocenters. The Morgan fingerprint density at radius 3 is 3.25 bits per heavy atom. The lowest BCUT2D eigenvalue weighted by molar-refractivity contribution is 0.890. The van der Waals surface area contributed by atoms with Crippen molar-refractivity contribution in [1.29, 1.82) is 0 Å². The second kappa shape index (κ2) is 2.35. The van der Waals surface area contributed by atoms with Crippen molar-refractivity contribution in [2.75, 3.05) is 6.54 Å². The van der Waals surface area contributed by atoms with Crippen LogP contribution in [0.25, 0.3) is 0 Å². The molecule has 1 radical (unpaired) electrons. The van der Waals surface area contributed by atoms with E-state index in [2.05, 4.69) is 15.3 Å². The van der Waals surface area contributed by atoms with Gasteiger partial charge < -0.3 is 4.98 Å². The molecule has 8 heavy (non-hydrogen) atoms. The number of aromatic nitrogens is 2. The predicted molar refractivity (Wildman–Crippen MR) is 30.9 cm³/mol. The van der Waals surface area contributed by atoms with Crippen LogP contribution in [0.2, 0.25) is 0 Å². The number of rotatable bonds is 2. The summed E-state index contributed by atoms with van der Waals surface area (Å²) in [6.45, 7) is 2.78. The maximum Gasteiger partial charge on any atom is 0.165 e. The fourth-order valence-electron chi connectivity index (χ4n) is 0.501. The summed E-state index contributed by atoms with van der Waals surface area (Å²) in [6.07, 6.45) is 3.39. The standard InChI is InChI=1S/C5H8N3/c1-2-7-5-3-6-4-8-5/h3-4H,2H2,1H3,(H,6,8). The summed E-state index contributed by atoms with van der Waals surface area (Å²) in [5.41, 5.74) is 0. The van der Waals surface area contributed by atoms with Crippen LogP contribution in [-0.4, -0.2) is 16.5 Å².